The summed E-state index contributed by atoms with van der Waals surface area (Å²) in [7, 11) is 4.35. The van der Waals surface area contributed by atoms with Crippen molar-refractivity contribution in [3.63, 3.8) is 0 Å². The van der Waals surface area contributed by atoms with Crippen LogP contribution in [0.4, 0.5) is 5.69 Å². The molecule has 9 nitrogen and oxygen atoms in total. The van der Waals surface area contributed by atoms with Gasteiger partial charge in [0.25, 0.3) is 0 Å². The predicted octanol–water partition coefficient (Wildman–Crippen LogP) is 3.39. The summed E-state index contributed by atoms with van der Waals surface area (Å²) in [6, 6.07) is 3.89. The van der Waals surface area contributed by atoms with Crippen molar-refractivity contribution < 1.29 is 33.6 Å². The Balaban J connectivity index is 2.48. The number of carbonyl (C=O) groups excluding carboxylic acids is 1. The smallest absolute Gasteiger partial charge is 0.339 e. The van der Waals surface area contributed by atoms with E-state index in [9.17, 15) is 19.5 Å². The highest BCUT2D eigenvalue weighted by molar-refractivity contribution is 5.94. The van der Waals surface area contributed by atoms with Crippen LogP contribution in [0, 0.1) is 0 Å². The molecule has 0 saturated heterocycles. The lowest BCUT2D eigenvalue weighted by atomic mass is 9.91. The van der Waals surface area contributed by atoms with Gasteiger partial charge in [-0.05, 0) is 62.4 Å². The number of carbonyl (C=O) groups is 2. The molecule has 3 rings (SSSR count). The molecular formula is C25H29NO8. The fourth-order valence-corrected chi connectivity index (χ4v) is 4.27. The largest absolute Gasteiger partial charge is 0.492 e. The van der Waals surface area contributed by atoms with Crippen LogP contribution in [-0.2, 0) is 16.0 Å². The van der Waals surface area contributed by atoms with Crippen molar-refractivity contribution in [2.75, 3.05) is 27.1 Å². The number of nitrogens with two attached hydrogens (primary N) is 1. The van der Waals surface area contributed by atoms with E-state index in [0.717, 1.165) is 6.07 Å². The van der Waals surface area contributed by atoms with Crippen molar-refractivity contribution in [2.24, 2.45) is 0 Å². The number of carboxylic acid groups (broad SMARTS) is 1. The molecule has 2 aromatic rings. The molecule has 0 aliphatic heterocycles. The summed E-state index contributed by atoms with van der Waals surface area (Å²) in [6.45, 7) is 5.24. The minimum atomic E-state index is -1.39. The van der Waals surface area contributed by atoms with Crippen LogP contribution in [0.5, 0.6) is 17.2 Å². The Morgan fingerprint density at radius 1 is 1.03 bits per heavy atom. The van der Waals surface area contributed by atoms with Gasteiger partial charge in [0.2, 0.25) is 5.75 Å². The number of nitrogen functional groups attached to an aromatic ring is 1. The first-order valence-electron chi connectivity index (χ1n) is 10.7. The number of anilines is 1. The molecule has 0 fully saturated rings. The number of hydrogen-bond donors (Lipinski definition) is 2. The van der Waals surface area contributed by atoms with Crippen molar-refractivity contribution in [3.8, 4) is 28.4 Å². The SMILES string of the molecule is COc1c(N)c2c(c(OC)c1OC)-c1ccc(=O)c(C(=O)O)cc1C(C(=O)OC(C)(C)C)CC2. The Morgan fingerprint density at radius 3 is 2.18 bits per heavy atom. The van der Waals surface area contributed by atoms with Crippen LogP contribution >= 0.6 is 0 Å². The number of aromatic carboxylic acids is 1. The third-order valence-electron chi connectivity index (χ3n) is 5.65. The first-order valence-corrected chi connectivity index (χ1v) is 10.7. The molecule has 0 bridgehead atoms. The molecule has 0 heterocycles. The normalized spacial score (nSPS) is 14.8. The van der Waals surface area contributed by atoms with Gasteiger partial charge in [-0.2, -0.15) is 0 Å². The number of carboxylic acids is 1. The van der Waals surface area contributed by atoms with E-state index in [2.05, 4.69) is 0 Å². The highest BCUT2D eigenvalue weighted by Gasteiger charge is 2.36. The first kappa shape index (κ1) is 24.9. The van der Waals surface area contributed by atoms with E-state index < -0.39 is 34.4 Å². The van der Waals surface area contributed by atoms with E-state index in [0.29, 0.717) is 40.1 Å². The predicted molar refractivity (Wildman–Crippen MR) is 126 cm³/mol. The van der Waals surface area contributed by atoms with E-state index in [1.807, 2.05) is 0 Å². The van der Waals surface area contributed by atoms with Gasteiger partial charge in [-0.25, -0.2) is 4.79 Å². The van der Waals surface area contributed by atoms with Crippen LogP contribution < -0.4 is 25.4 Å². The fraction of sp³-hybridized carbons (Fsp3) is 0.400. The zero-order valence-corrected chi connectivity index (χ0v) is 20.1. The lowest BCUT2D eigenvalue weighted by molar-refractivity contribution is -0.156. The van der Waals surface area contributed by atoms with Crippen molar-refractivity contribution >= 4 is 17.6 Å². The van der Waals surface area contributed by atoms with Gasteiger partial charge in [0.15, 0.2) is 16.9 Å². The summed E-state index contributed by atoms with van der Waals surface area (Å²) < 4.78 is 22.4. The van der Waals surface area contributed by atoms with Gasteiger partial charge in [0, 0.05) is 5.56 Å². The Labute approximate surface area is 197 Å². The molecular weight excluding hydrogens is 442 g/mol. The molecule has 1 atom stereocenters. The van der Waals surface area contributed by atoms with Crippen molar-refractivity contribution in [1.82, 2.24) is 0 Å². The Morgan fingerprint density at radius 2 is 1.65 bits per heavy atom. The zero-order chi connectivity index (χ0) is 25.4. The molecule has 0 amide bonds. The third kappa shape index (κ3) is 4.37. The summed E-state index contributed by atoms with van der Waals surface area (Å²) in [5, 5.41) is 9.65. The summed E-state index contributed by atoms with van der Waals surface area (Å²) >= 11 is 0. The maximum absolute atomic E-state index is 13.3. The molecule has 9 heteroatoms. The van der Waals surface area contributed by atoms with E-state index in [-0.39, 0.29) is 17.9 Å². The molecule has 182 valence electrons. The van der Waals surface area contributed by atoms with Crippen LogP contribution in [0.2, 0.25) is 0 Å². The van der Waals surface area contributed by atoms with E-state index >= 15 is 0 Å². The Kier molecular flexibility index (Phi) is 6.77. The minimum absolute atomic E-state index is 0.246. The highest BCUT2D eigenvalue weighted by atomic mass is 16.6. The molecule has 0 spiro atoms. The van der Waals surface area contributed by atoms with Gasteiger partial charge in [-0.3, -0.25) is 9.59 Å². The number of benzene rings is 1. The average Bonchev–Trinajstić information content (AvgIpc) is 3.01. The number of esters is 1. The summed E-state index contributed by atoms with van der Waals surface area (Å²) in [6.07, 6.45) is 0.599. The molecule has 1 aliphatic carbocycles. The zero-order valence-electron chi connectivity index (χ0n) is 20.1. The van der Waals surface area contributed by atoms with Gasteiger partial charge < -0.3 is 29.8 Å². The van der Waals surface area contributed by atoms with Crippen LogP contribution in [0.25, 0.3) is 11.1 Å². The second-order valence-corrected chi connectivity index (χ2v) is 8.92. The van der Waals surface area contributed by atoms with Crippen molar-refractivity contribution in [3.05, 3.63) is 45.1 Å². The fourth-order valence-electron chi connectivity index (χ4n) is 4.27. The summed E-state index contributed by atoms with van der Waals surface area (Å²) in [4.78, 5) is 37.7. The first-order chi connectivity index (χ1) is 15.9. The Bertz CT molecular complexity index is 1210. The molecule has 0 saturated carbocycles. The van der Waals surface area contributed by atoms with Gasteiger partial charge >= 0.3 is 11.9 Å². The van der Waals surface area contributed by atoms with Gasteiger partial charge in [-0.1, -0.05) is 6.07 Å². The minimum Gasteiger partial charge on any atom is -0.492 e. The molecule has 2 aromatic carbocycles. The molecule has 0 radical (unpaired) electrons. The van der Waals surface area contributed by atoms with Crippen molar-refractivity contribution in [2.45, 2.75) is 45.1 Å². The quantitative estimate of drug-likeness (QED) is 0.497. The molecule has 34 heavy (non-hydrogen) atoms. The van der Waals surface area contributed by atoms with Crippen LogP contribution in [-0.4, -0.2) is 44.0 Å². The monoisotopic (exact) mass is 471 g/mol. The number of hydrogen-bond acceptors (Lipinski definition) is 8. The van der Waals surface area contributed by atoms with E-state index in [1.54, 1.807) is 20.8 Å². The van der Waals surface area contributed by atoms with Gasteiger partial charge in [0.05, 0.1) is 32.9 Å². The second-order valence-electron chi connectivity index (χ2n) is 8.92. The van der Waals surface area contributed by atoms with Gasteiger partial charge in [-0.15, -0.1) is 0 Å². The third-order valence-corrected chi connectivity index (χ3v) is 5.65. The summed E-state index contributed by atoms with van der Waals surface area (Å²) in [5.41, 5.74) is 6.76. The van der Waals surface area contributed by atoms with Crippen LogP contribution in [0.15, 0.2) is 23.0 Å². The summed E-state index contributed by atoms with van der Waals surface area (Å²) in [5.74, 6) is -1.96. The molecule has 0 aromatic heterocycles. The number of fused-ring (bicyclic) bond motifs is 3. The Hall–Kier alpha value is -3.75. The maximum Gasteiger partial charge on any atom is 0.339 e. The van der Waals surface area contributed by atoms with E-state index in [1.165, 1.54) is 33.5 Å². The van der Waals surface area contributed by atoms with Gasteiger partial charge in [0.1, 0.15) is 11.2 Å². The van der Waals surface area contributed by atoms with E-state index in [4.69, 9.17) is 24.7 Å². The molecule has 3 N–H and O–H groups in total. The molecule has 1 aliphatic rings. The molecule has 1 unspecified atom stereocenters. The lowest BCUT2D eigenvalue weighted by Gasteiger charge is -2.24. The second kappa shape index (κ2) is 9.24. The van der Waals surface area contributed by atoms with Crippen LogP contribution in [0.1, 0.15) is 54.6 Å². The maximum atomic E-state index is 13.3. The lowest BCUT2D eigenvalue weighted by Crippen LogP contribution is -2.28. The standard InChI is InChI=1S/C25H29NO8/c1-25(2,3)34-24(30)13-7-8-14-18(20(31-4)22(33-6)21(32-5)19(14)26)12-9-10-17(27)16(23(28)29)11-15(12)13/h9-11,13H,7-8,26H2,1-6H3,(H,28,29). The highest BCUT2D eigenvalue weighted by Crippen LogP contribution is 2.54. The number of rotatable bonds is 5. The van der Waals surface area contributed by atoms with Crippen molar-refractivity contribution in [1.29, 1.82) is 0 Å². The number of methoxy groups -OCH3 is 3. The number of ether oxygens (including phenoxy) is 4. The van der Waals surface area contributed by atoms with Crippen LogP contribution in [0.3, 0.4) is 0 Å². The average molecular weight is 472 g/mol. The topological polar surface area (TPSA) is 134 Å².